The van der Waals surface area contributed by atoms with E-state index in [0.29, 0.717) is 4.47 Å². The van der Waals surface area contributed by atoms with Crippen LogP contribution in [-0.2, 0) is 6.42 Å². The van der Waals surface area contributed by atoms with E-state index in [9.17, 15) is 8.78 Å². The van der Waals surface area contributed by atoms with Gasteiger partial charge in [-0.3, -0.25) is 0 Å². The number of hydrogen-bond donors (Lipinski definition) is 1. The highest BCUT2D eigenvalue weighted by Crippen LogP contribution is 2.20. The van der Waals surface area contributed by atoms with Crippen LogP contribution >= 0.6 is 15.9 Å². The zero-order valence-electron chi connectivity index (χ0n) is 7.15. The summed E-state index contributed by atoms with van der Waals surface area (Å²) in [5.41, 5.74) is 5.51. The first-order valence-corrected chi connectivity index (χ1v) is 4.69. The molecule has 0 fully saturated rings. The summed E-state index contributed by atoms with van der Waals surface area (Å²) < 4.78 is 26.7. The predicted octanol–water partition coefficient (Wildman–Crippen LogP) is 2.62. The third-order valence-corrected chi connectivity index (χ3v) is 2.09. The van der Waals surface area contributed by atoms with Crippen LogP contribution in [0.2, 0.25) is 0 Å². The zero-order chi connectivity index (χ0) is 10.0. The van der Waals surface area contributed by atoms with Crippen molar-refractivity contribution in [1.29, 1.82) is 0 Å². The summed E-state index contributed by atoms with van der Waals surface area (Å²) in [6, 6.07) is 2.23. The average molecular weight is 250 g/mol. The normalized spacial score (nSPS) is 13.0. The number of benzene rings is 1. The minimum absolute atomic E-state index is 0.0539. The lowest BCUT2D eigenvalue weighted by Gasteiger charge is -2.07. The maximum absolute atomic E-state index is 13.1. The average Bonchev–Trinajstić information content (AvgIpc) is 1.96. The molecule has 0 unspecified atom stereocenters. The molecule has 2 N–H and O–H groups in total. The Bertz CT molecular complexity index is 289. The van der Waals surface area contributed by atoms with Gasteiger partial charge in [0.1, 0.15) is 11.6 Å². The Balaban J connectivity index is 3.06. The Hall–Kier alpha value is -0.480. The van der Waals surface area contributed by atoms with Crippen molar-refractivity contribution >= 4 is 15.9 Å². The van der Waals surface area contributed by atoms with Gasteiger partial charge in [-0.05, 0) is 25.5 Å². The predicted molar refractivity (Wildman–Crippen MR) is 51.4 cm³/mol. The van der Waals surface area contributed by atoms with Gasteiger partial charge in [0.05, 0.1) is 0 Å². The van der Waals surface area contributed by atoms with Gasteiger partial charge >= 0.3 is 0 Å². The van der Waals surface area contributed by atoms with Gasteiger partial charge in [0.2, 0.25) is 0 Å². The van der Waals surface area contributed by atoms with Crippen molar-refractivity contribution in [3.05, 3.63) is 33.8 Å². The van der Waals surface area contributed by atoms with Crippen LogP contribution in [0.3, 0.4) is 0 Å². The van der Waals surface area contributed by atoms with Crippen molar-refractivity contribution < 1.29 is 8.78 Å². The van der Waals surface area contributed by atoms with E-state index in [1.807, 2.05) is 0 Å². The molecule has 0 aromatic heterocycles. The molecule has 0 aliphatic rings. The van der Waals surface area contributed by atoms with Crippen LogP contribution in [0.4, 0.5) is 8.78 Å². The molecule has 0 bridgehead atoms. The second kappa shape index (κ2) is 4.15. The fourth-order valence-corrected chi connectivity index (χ4v) is 1.49. The molecule has 0 spiro atoms. The van der Waals surface area contributed by atoms with Crippen LogP contribution in [0.1, 0.15) is 12.5 Å². The van der Waals surface area contributed by atoms with Gasteiger partial charge in [-0.15, -0.1) is 0 Å². The Morgan fingerprint density at radius 2 is 1.85 bits per heavy atom. The molecule has 1 aromatic carbocycles. The van der Waals surface area contributed by atoms with Crippen molar-refractivity contribution in [2.24, 2.45) is 5.73 Å². The topological polar surface area (TPSA) is 26.0 Å². The lowest BCUT2D eigenvalue weighted by Crippen LogP contribution is -2.19. The number of hydrogen-bond acceptors (Lipinski definition) is 1. The maximum atomic E-state index is 13.1. The first kappa shape index (κ1) is 10.6. The van der Waals surface area contributed by atoms with Crippen LogP contribution < -0.4 is 5.73 Å². The van der Waals surface area contributed by atoms with Gasteiger partial charge in [-0.2, -0.15) is 0 Å². The molecule has 0 saturated carbocycles. The van der Waals surface area contributed by atoms with E-state index in [0.717, 1.165) is 0 Å². The molecule has 1 nitrogen and oxygen atoms in total. The van der Waals surface area contributed by atoms with Gasteiger partial charge in [0.25, 0.3) is 0 Å². The second-order valence-corrected chi connectivity index (χ2v) is 3.95. The summed E-state index contributed by atoms with van der Waals surface area (Å²) >= 11 is 3.00. The van der Waals surface area contributed by atoms with E-state index in [4.69, 9.17) is 5.73 Å². The third-order valence-electron chi connectivity index (χ3n) is 1.63. The fraction of sp³-hybridized carbons (Fsp3) is 0.333. The summed E-state index contributed by atoms with van der Waals surface area (Å²) in [6.07, 6.45) is 0.213. The summed E-state index contributed by atoms with van der Waals surface area (Å²) in [5.74, 6) is -1.10. The molecule has 0 aliphatic heterocycles. The van der Waals surface area contributed by atoms with Crippen molar-refractivity contribution in [2.75, 3.05) is 0 Å². The number of halogens is 3. The van der Waals surface area contributed by atoms with Crippen molar-refractivity contribution in [2.45, 2.75) is 19.4 Å². The molecule has 1 rings (SSSR count). The monoisotopic (exact) mass is 249 g/mol. The lowest BCUT2D eigenvalue weighted by atomic mass is 10.1. The van der Waals surface area contributed by atoms with Crippen molar-refractivity contribution in [3.8, 4) is 0 Å². The van der Waals surface area contributed by atoms with Crippen molar-refractivity contribution in [1.82, 2.24) is 0 Å². The van der Waals surface area contributed by atoms with E-state index >= 15 is 0 Å². The summed E-state index contributed by atoms with van der Waals surface area (Å²) in [6.45, 7) is 1.71. The molecule has 4 heteroatoms. The van der Waals surface area contributed by atoms with Gasteiger partial charge in [-0.1, -0.05) is 15.9 Å². The molecule has 0 aliphatic carbocycles. The second-order valence-electron chi connectivity index (χ2n) is 3.03. The van der Waals surface area contributed by atoms with Crippen LogP contribution in [0, 0.1) is 11.6 Å². The van der Waals surface area contributed by atoms with E-state index < -0.39 is 11.6 Å². The van der Waals surface area contributed by atoms with Crippen LogP contribution in [0.25, 0.3) is 0 Å². The van der Waals surface area contributed by atoms with Crippen LogP contribution in [0.15, 0.2) is 16.6 Å². The van der Waals surface area contributed by atoms with E-state index in [-0.39, 0.29) is 18.0 Å². The van der Waals surface area contributed by atoms with E-state index in [1.54, 1.807) is 6.92 Å². The van der Waals surface area contributed by atoms with Gasteiger partial charge in [0.15, 0.2) is 0 Å². The smallest absolute Gasteiger partial charge is 0.130 e. The van der Waals surface area contributed by atoms with Crippen molar-refractivity contribution in [3.63, 3.8) is 0 Å². The molecule has 0 saturated heterocycles. The number of nitrogens with two attached hydrogens (primary N) is 1. The molecular formula is C9H10BrF2N. The van der Waals surface area contributed by atoms with Crippen LogP contribution in [-0.4, -0.2) is 6.04 Å². The molecule has 0 heterocycles. The highest BCUT2D eigenvalue weighted by molar-refractivity contribution is 9.10. The Morgan fingerprint density at radius 3 is 2.23 bits per heavy atom. The molecular weight excluding hydrogens is 240 g/mol. The van der Waals surface area contributed by atoms with Gasteiger partial charge < -0.3 is 5.73 Å². The van der Waals surface area contributed by atoms with Gasteiger partial charge in [-0.25, -0.2) is 8.78 Å². The SMILES string of the molecule is C[C@@H](N)Cc1c(F)cc(Br)cc1F. The Morgan fingerprint density at radius 1 is 1.38 bits per heavy atom. The molecule has 72 valence electrons. The Labute approximate surface area is 84.1 Å². The van der Waals surface area contributed by atoms with Crippen LogP contribution in [0.5, 0.6) is 0 Å². The first-order valence-electron chi connectivity index (χ1n) is 3.89. The molecule has 1 atom stereocenters. The summed E-state index contributed by atoms with van der Waals surface area (Å²) in [4.78, 5) is 0. The maximum Gasteiger partial charge on any atom is 0.130 e. The van der Waals surface area contributed by atoms with E-state index in [1.165, 1.54) is 12.1 Å². The minimum atomic E-state index is -0.552. The largest absolute Gasteiger partial charge is 0.328 e. The lowest BCUT2D eigenvalue weighted by molar-refractivity contribution is 0.541. The third kappa shape index (κ3) is 2.74. The minimum Gasteiger partial charge on any atom is -0.328 e. The summed E-state index contributed by atoms with van der Waals surface area (Å²) in [5, 5.41) is 0. The highest BCUT2D eigenvalue weighted by Gasteiger charge is 2.11. The highest BCUT2D eigenvalue weighted by atomic mass is 79.9. The quantitative estimate of drug-likeness (QED) is 0.857. The zero-order valence-corrected chi connectivity index (χ0v) is 8.74. The standard InChI is InChI=1S/C9H10BrF2N/c1-5(13)2-7-8(11)3-6(10)4-9(7)12/h3-5H,2,13H2,1H3/t5-/m1/s1. The molecule has 0 radical (unpaired) electrons. The molecule has 0 amide bonds. The summed E-state index contributed by atoms with van der Waals surface area (Å²) in [7, 11) is 0. The number of rotatable bonds is 2. The first-order chi connectivity index (χ1) is 6.00. The van der Waals surface area contributed by atoms with Gasteiger partial charge in [0, 0.05) is 16.1 Å². The van der Waals surface area contributed by atoms with E-state index in [2.05, 4.69) is 15.9 Å². The Kier molecular flexibility index (Phi) is 3.39. The molecule has 1 aromatic rings. The fourth-order valence-electron chi connectivity index (χ4n) is 1.09. The molecule has 13 heavy (non-hydrogen) atoms.